The van der Waals surface area contributed by atoms with Gasteiger partial charge in [0.25, 0.3) is 0 Å². The van der Waals surface area contributed by atoms with Crippen LogP contribution in [0.2, 0.25) is 5.02 Å². The van der Waals surface area contributed by atoms with E-state index < -0.39 is 15.9 Å². The third-order valence-electron chi connectivity index (χ3n) is 3.23. The molecular weight excluding hydrogens is 352 g/mol. The highest BCUT2D eigenvalue weighted by atomic mass is 35.5. The quantitative estimate of drug-likeness (QED) is 0.782. The number of amides is 1. The van der Waals surface area contributed by atoms with Crippen molar-refractivity contribution in [2.75, 3.05) is 13.7 Å². The first kappa shape index (κ1) is 18.3. The normalized spacial score (nSPS) is 11.1. The first-order valence-corrected chi connectivity index (χ1v) is 8.92. The van der Waals surface area contributed by atoms with Crippen LogP contribution in [0.1, 0.15) is 5.56 Å². The number of nitrogens with one attached hydrogen (secondary N) is 2. The zero-order chi connectivity index (χ0) is 17.6. The molecule has 0 heterocycles. The predicted molar refractivity (Wildman–Crippen MR) is 91.5 cm³/mol. The van der Waals surface area contributed by atoms with E-state index in [1.165, 1.54) is 31.4 Å². The first-order chi connectivity index (χ1) is 11.4. The van der Waals surface area contributed by atoms with Crippen LogP contribution in [0.4, 0.5) is 0 Å². The van der Waals surface area contributed by atoms with Gasteiger partial charge in [0.05, 0.1) is 18.6 Å². The van der Waals surface area contributed by atoms with Gasteiger partial charge in [0.1, 0.15) is 5.75 Å². The number of hydrogen-bond donors (Lipinski definition) is 2. The van der Waals surface area contributed by atoms with Crippen LogP contribution >= 0.6 is 11.6 Å². The molecule has 0 bridgehead atoms. The molecule has 0 saturated carbocycles. The lowest BCUT2D eigenvalue weighted by molar-refractivity contribution is -0.120. The van der Waals surface area contributed by atoms with Gasteiger partial charge in [-0.3, -0.25) is 4.79 Å². The number of halogens is 1. The summed E-state index contributed by atoms with van der Waals surface area (Å²) in [5, 5.41) is 3.15. The molecule has 0 spiro atoms. The Bertz CT molecular complexity index is 807. The van der Waals surface area contributed by atoms with Crippen molar-refractivity contribution in [1.29, 1.82) is 0 Å². The van der Waals surface area contributed by atoms with E-state index >= 15 is 0 Å². The Morgan fingerprint density at radius 2 is 1.79 bits per heavy atom. The Morgan fingerprint density at radius 3 is 2.42 bits per heavy atom. The fraction of sp³-hybridized carbons (Fsp3) is 0.188. The molecule has 0 atom stereocenters. The Kier molecular flexibility index (Phi) is 6.19. The molecule has 24 heavy (non-hydrogen) atoms. The minimum absolute atomic E-state index is 0.0576. The highest BCUT2D eigenvalue weighted by Gasteiger charge is 2.15. The Morgan fingerprint density at radius 1 is 1.12 bits per heavy atom. The van der Waals surface area contributed by atoms with Crippen LogP contribution in [0.25, 0.3) is 0 Å². The smallest absolute Gasteiger partial charge is 0.241 e. The predicted octanol–water partition coefficient (Wildman–Crippen LogP) is 1.94. The molecule has 2 aromatic carbocycles. The van der Waals surface area contributed by atoms with Crippen LogP contribution in [-0.4, -0.2) is 28.0 Å². The highest BCUT2D eigenvalue weighted by molar-refractivity contribution is 7.89. The number of hydrogen-bond acceptors (Lipinski definition) is 4. The van der Waals surface area contributed by atoms with Crippen LogP contribution in [0.15, 0.2) is 53.4 Å². The van der Waals surface area contributed by atoms with Gasteiger partial charge in [-0.15, -0.1) is 0 Å². The molecule has 2 rings (SSSR count). The van der Waals surface area contributed by atoms with Gasteiger partial charge in [-0.25, -0.2) is 13.1 Å². The number of ether oxygens (including phenoxy) is 1. The van der Waals surface area contributed by atoms with Gasteiger partial charge in [-0.2, -0.15) is 0 Å². The second kappa shape index (κ2) is 8.14. The number of carbonyl (C=O) groups excluding carboxylic acids is 1. The second-order valence-corrected chi connectivity index (χ2v) is 7.04. The molecule has 2 aromatic rings. The largest absolute Gasteiger partial charge is 0.497 e. The molecule has 0 saturated heterocycles. The summed E-state index contributed by atoms with van der Waals surface area (Å²) < 4.78 is 31.4. The van der Waals surface area contributed by atoms with Crippen molar-refractivity contribution in [2.24, 2.45) is 0 Å². The summed E-state index contributed by atoms with van der Waals surface area (Å²) in [6, 6.07) is 13.0. The molecule has 8 heteroatoms. The van der Waals surface area contributed by atoms with E-state index in [1.54, 1.807) is 24.3 Å². The molecule has 0 aliphatic rings. The van der Waals surface area contributed by atoms with Gasteiger partial charge in [0.2, 0.25) is 15.9 Å². The molecule has 0 aliphatic carbocycles. The Balaban J connectivity index is 1.89. The lowest BCUT2D eigenvalue weighted by atomic mass is 10.2. The molecular formula is C16H17ClN2O4S. The minimum Gasteiger partial charge on any atom is -0.497 e. The number of benzene rings is 2. The lowest BCUT2D eigenvalue weighted by Crippen LogP contribution is -2.36. The van der Waals surface area contributed by atoms with Crippen molar-refractivity contribution in [3.8, 4) is 5.75 Å². The van der Waals surface area contributed by atoms with E-state index in [9.17, 15) is 13.2 Å². The summed E-state index contributed by atoms with van der Waals surface area (Å²) in [5.41, 5.74) is 0.755. The van der Waals surface area contributed by atoms with Gasteiger partial charge in [-0.05, 0) is 35.9 Å². The van der Waals surface area contributed by atoms with Crippen molar-refractivity contribution in [2.45, 2.75) is 11.4 Å². The van der Waals surface area contributed by atoms with Crippen LogP contribution in [-0.2, 0) is 21.4 Å². The van der Waals surface area contributed by atoms with E-state index in [0.29, 0.717) is 10.8 Å². The van der Waals surface area contributed by atoms with Gasteiger partial charge >= 0.3 is 0 Å². The van der Waals surface area contributed by atoms with E-state index in [-0.39, 0.29) is 18.0 Å². The molecule has 0 radical (unpaired) electrons. The Hall–Kier alpha value is -2.09. The number of rotatable bonds is 7. The Labute approximate surface area is 145 Å². The summed E-state index contributed by atoms with van der Waals surface area (Å²) in [6.45, 7) is -0.137. The molecule has 1 amide bonds. The molecule has 0 aromatic heterocycles. The third kappa shape index (κ3) is 4.95. The third-order valence-corrected chi connectivity index (χ3v) is 5.01. The van der Waals surface area contributed by atoms with Crippen LogP contribution in [0.5, 0.6) is 5.75 Å². The summed E-state index contributed by atoms with van der Waals surface area (Å²) in [4.78, 5) is 11.9. The van der Waals surface area contributed by atoms with E-state index in [2.05, 4.69) is 10.0 Å². The number of carbonyl (C=O) groups is 1. The number of sulfonamides is 1. The lowest BCUT2D eigenvalue weighted by Gasteiger charge is -2.09. The second-order valence-electron chi connectivity index (χ2n) is 4.87. The first-order valence-electron chi connectivity index (χ1n) is 7.06. The van der Waals surface area contributed by atoms with Crippen LogP contribution in [0.3, 0.4) is 0 Å². The summed E-state index contributed by atoms with van der Waals surface area (Å²) in [6.07, 6.45) is 0. The fourth-order valence-corrected chi connectivity index (χ4v) is 3.08. The molecule has 0 fully saturated rings. The maximum atomic E-state index is 12.1. The summed E-state index contributed by atoms with van der Waals surface area (Å²) in [5.74, 6) is 0.0958. The molecule has 128 valence electrons. The molecule has 0 aliphatic heterocycles. The standard InChI is InChI=1S/C16H17ClN2O4S/c1-23-13-6-8-14(9-7-13)24(21,22)19-11-16(20)18-10-12-4-2-3-5-15(12)17/h2-9,19H,10-11H2,1H3,(H,18,20). The molecule has 6 nitrogen and oxygen atoms in total. The number of methoxy groups -OCH3 is 1. The van der Waals surface area contributed by atoms with Crippen LogP contribution in [0, 0.1) is 0 Å². The van der Waals surface area contributed by atoms with Crippen molar-refractivity contribution in [3.05, 3.63) is 59.1 Å². The highest BCUT2D eigenvalue weighted by Crippen LogP contribution is 2.15. The fourth-order valence-electron chi connectivity index (χ4n) is 1.90. The molecule has 2 N–H and O–H groups in total. The zero-order valence-electron chi connectivity index (χ0n) is 13.0. The SMILES string of the molecule is COc1ccc(S(=O)(=O)NCC(=O)NCc2ccccc2Cl)cc1. The minimum atomic E-state index is -3.76. The van der Waals surface area contributed by atoms with Crippen molar-refractivity contribution in [1.82, 2.24) is 10.0 Å². The van der Waals surface area contributed by atoms with Gasteiger partial charge in [0.15, 0.2) is 0 Å². The van der Waals surface area contributed by atoms with E-state index in [1.807, 2.05) is 0 Å². The van der Waals surface area contributed by atoms with E-state index in [4.69, 9.17) is 16.3 Å². The van der Waals surface area contributed by atoms with Gasteiger partial charge < -0.3 is 10.1 Å². The summed E-state index contributed by atoms with van der Waals surface area (Å²) in [7, 11) is -2.27. The average Bonchev–Trinajstić information content (AvgIpc) is 2.59. The van der Waals surface area contributed by atoms with Gasteiger partial charge in [-0.1, -0.05) is 29.8 Å². The monoisotopic (exact) mass is 368 g/mol. The van der Waals surface area contributed by atoms with E-state index in [0.717, 1.165) is 5.56 Å². The van der Waals surface area contributed by atoms with Crippen LogP contribution < -0.4 is 14.8 Å². The topological polar surface area (TPSA) is 84.5 Å². The molecule has 0 unspecified atom stereocenters. The maximum Gasteiger partial charge on any atom is 0.241 e. The van der Waals surface area contributed by atoms with Crippen molar-refractivity contribution < 1.29 is 17.9 Å². The van der Waals surface area contributed by atoms with Crippen molar-refractivity contribution >= 4 is 27.5 Å². The maximum absolute atomic E-state index is 12.1. The summed E-state index contributed by atoms with van der Waals surface area (Å²) >= 11 is 5.99. The van der Waals surface area contributed by atoms with Gasteiger partial charge in [0, 0.05) is 11.6 Å². The zero-order valence-corrected chi connectivity index (χ0v) is 14.5. The average molecular weight is 369 g/mol. The van der Waals surface area contributed by atoms with Crippen molar-refractivity contribution in [3.63, 3.8) is 0 Å².